The molecule has 0 spiro atoms. The summed E-state index contributed by atoms with van der Waals surface area (Å²) in [5.74, 6) is -0.802. The van der Waals surface area contributed by atoms with Crippen LogP contribution in [0.15, 0.2) is 65.9 Å². The van der Waals surface area contributed by atoms with Gasteiger partial charge in [-0.2, -0.15) is 5.10 Å². The van der Waals surface area contributed by atoms with Crippen molar-refractivity contribution in [2.75, 3.05) is 13.7 Å². The number of nitrogens with one attached hydrogen (secondary N) is 1. The van der Waals surface area contributed by atoms with Gasteiger partial charge >= 0.3 is 5.97 Å². The zero-order chi connectivity index (χ0) is 24.1. The van der Waals surface area contributed by atoms with Crippen LogP contribution in [0.25, 0.3) is 11.4 Å². The highest BCUT2D eigenvalue weighted by Crippen LogP contribution is 2.30. The van der Waals surface area contributed by atoms with Gasteiger partial charge in [-0.25, -0.2) is 4.79 Å². The molecule has 1 atom stereocenters. The first kappa shape index (κ1) is 23.2. The lowest BCUT2D eigenvalue weighted by Gasteiger charge is -2.23. The minimum atomic E-state index is -1.25. The van der Waals surface area contributed by atoms with Crippen LogP contribution in [0.2, 0.25) is 0 Å². The molecule has 3 aromatic rings. The van der Waals surface area contributed by atoms with Gasteiger partial charge in [0.25, 0.3) is 5.91 Å². The summed E-state index contributed by atoms with van der Waals surface area (Å²) in [5, 5.41) is 11.5. The fourth-order valence-corrected chi connectivity index (χ4v) is 3.90. The highest BCUT2D eigenvalue weighted by Gasteiger charge is 2.47. The van der Waals surface area contributed by atoms with E-state index in [4.69, 9.17) is 9.57 Å². The smallest absolute Gasteiger partial charge is 0.353 e. The molecular weight excluding hydrogens is 434 g/mol. The summed E-state index contributed by atoms with van der Waals surface area (Å²) in [6.07, 6.45) is 2.22. The Morgan fingerprint density at radius 3 is 2.59 bits per heavy atom. The molecule has 1 aromatic carbocycles. The molecule has 3 heterocycles. The van der Waals surface area contributed by atoms with Crippen molar-refractivity contribution in [3.05, 3.63) is 72.1 Å². The van der Waals surface area contributed by atoms with Crippen LogP contribution in [0.4, 0.5) is 0 Å². The maximum absolute atomic E-state index is 13.0. The fraction of sp³-hybridized carbons (Fsp3) is 0.320. The third-order valence-corrected chi connectivity index (χ3v) is 5.57. The first-order chi connectivity index (χ1) is 16.4. The Hall–Kier alpha value is -4.01. The van der Waals surface area contributed by atoms with E-state index in [0.717, 1.165) is 5.56 Å². The summed E-state index contributed by atoms with van der Waals surface area (Å²) in [4.78, 5) is 35.5. The second-order valence-electron chi connectivity index (χ2n) is 8.42. The Bertz CT molecular complexity index is 1190. The minimum Gasteiger partial charge on any atom is -0.466 e. The second-order valence-corrected chi connectivity index (χ2v) is 8.42. The maximum Gasteiger partial charge on any atom is 0.353 e. The number of pyridine rings is 1. The molecule has 1 amide bonds. The molecule has 1 aliphatic heterocycles. The predicted octanol–water partition coefficient (Wildman–Crippen LogP) is 3.19. The van der Waals surface area contributed by atoms with Gasteiger partial charge in [0.15, 0.2) is 0 Å². The van der Waals surface area contributed by atoms with E-state index in [1.807, 2.05) is 62.4 Å². The van der Waals surface area contributed by atoms with Crippen LogP contribution in [0.3, 0.4) is 0 Å². The summed E-state index contributed by atoms with van der Waals surface area (Å²) in [7, 11) is 1.32. The number of methoxy groups -OCH3 is 1. The molecule has 0 bridgehead atoms. The van der Waals surface area contributed by atoms with Gasteiger partial charge in [0.2, 0.25) is 5.60 Å². The molecule has 34 heavy (non-hydrogen) atoms. The number of oxime groups is 1. The number of aromatic nitrogens is 3. The number of rotatable bonds is 8. The monoisotopic (exact) mass is 461 g/mol. The van der Waals surface area contributed by atoms with Crippen LogP contribution >= 0.6 is 0 Å². The number of hydrogen-bond acceptors (Lipinski definition) is 7. The lowest BCUT2D eigenvalue weighted by atomic mass is 9.89. The molecule has 1 unspecified atom stereocenters. The normalized spacial score (nSPS) is 17.2. The van der Waals surface area contributed by atoms with Gasteiger partial charge in [-0.05, 0) is 37.6 Å². The minimum absolute atomic E-state index is 0.0248. The van der Waals surface area contributed by atoms with Crippen molar-refractivity contribution in [2.45, 2.75) is 38.3 Å². The molecule has 0 aliphatic carbocycles. The fourth-order valence-electron chi connectivity index (χ4n) is 3.90. The van der Waals surface area contributed by atoms with Crippen LogP contribution < -0.4 is 5.32 Å². The first-order valence-electron chi connectivity index (χ1n) is 11.1. The molecular formula is C25H27N5O4. The molecule has 4 rings (SSSR count). The number of amides is 1. The standard InChI is InChI=1S/C25H27N5O4/c1-17(2)30-22(13-21(28-30)20-11-7-8-12-26-20)23(31)27-16-19-15-25(34-29-19,24(32)33-3)14-18-9-5-4-6-10-18/h4-13,17H,14-16H2,1-3H3,(H,27,31). The van der Waals surface area contributed by atoms with Gasteiger partial charge in [-0.1, -0.05) is 41.6 Å². The molecule has 0 radical (unpaired) electrons. The number of esters is 1. The molecule has 0 saturated carbocycles. The van der Waals surface area contributed by atoms with Crippen LogP contribution in [0, 0.1) is 0 Å². The van der Waals surface area contributed by atoms with Crippen molar-refractivity contribution >= 4 is 17.6 Å². The highest BCUT2D eigenvalue weighted by molar-refractivity contribution is 5.99. The lowest BCUT2D eigenvalue weighted by Crippen LogP contribution is -2.43. The second kappa shape index (κ2) is 9.86. The molecule has 9 heteroatoms. The summed E-state index contributed by atoms with van der Waals surface area (Å²) in [5.41, 5.74) is 1.95. The van der Waals surface area contributed by atoms with Crippen molar-refractivity contribution in [3.8, 4) is 11.4 Å². The van der Waals surface area contributed by atoms with Crippen LogP contribution in [-0.2, 0) is 20.8 Å². The van der Waals surface area contributed by atoms with E-state index in [-0.39, 0.29) is 24.9 Å². The number of nitrogens with zero attached hydrogens (tertiary/aromatic N) is 4. The zero-order valence-corrected chi connectivity index (χ0v) is 19.4. The number of ether oxygens (including phenoxy) is 1. The molecule has 9 nitrogen and oxygen atoms in total. The van der Waals surface area contributed by atoms with Crippen molar-refractivity contribution < 1.29 is 19.2 Å². The Morgan fingerprint density at radius 2 is 1.91 bits per heavy atom. The summed E-state index contributed by atoms with van der Waals surface area (Å²) in [6, 6.07) is 16.8. The van der Waals surface area contributed by atoms with E-state index in [2.05, 4.69) is 20.6 Å². The van der Waals surface area contributed by atoms with E-state index in [0.29, 0.717) is 29.2 Å². The largest absolute Gasteiger partial charge is 0.466 e. The van der Waals surface area contributed by atoms with Crippen molar-refractivity contribution in [1.82, 2.24) is 20.1 Å². The number of hydrogen-bond donors (Lipinski definition) is 1. The molecule has 1 N–H and O–H groups in total. The number of benzene rings is 1. The van der Waals surface area contributed by atoms with Gasteiger partial charge in [0, 0.05) is 25.1 Å². The first-order valence-corrected chi connectivity index (χ1v) is 11.1. The van der Waals surface area contributed by atoms with Gasteiger partial charge < -0.3 is 14.9 Å². The SMILES string of the molecule is COC(=O)C1(Cc2ccccc2)CC(CNC(=O)c2cc(-c3ccccn3)nn2C(C)C)=NO1. The number of carbonyl (C=O) groups is 2. The molecule has 0 fully saturated rings. The average molecular weight is 462 g/mol. The van der Waals surface area contributed by atoms with Crippen LogP contribution in [-0.4, -0.2) is 51.6 Å². The predicted molar refractivity (Wildman–Crippen MR) is 126 cm³/mol. The van der Waals surface area contributed by atoms with E-state index >= 15 is 0 Å². The van der Waals surface area contributed by atoms with Crippen molar-refractivity contribution in [2.24, 2.45) is 5.16 Å². The van der Waals surface area contributed by atoms with E-state index in [9.17, 15) is 9.59 Å². The van der Waals surface area contributed by atoms with Gasteiger partial charge in [0.05, 0.1) is 25.1 Å². The molecule has 0 saturated heterocycles. The molecule has 1 aliphatic rings. The lowest BCUT2D eigenvalue weighted by molar-refractivity contribution is -0.166. The zero-order valence-electron chi connectivity index (χ0n) is 19.4. The van der Waals surface area contributed by atoms with Crippen LogP contribution in [0.1, 0.15) is 42.4 Å². The van der Waals surface area contributed by atoms with E-state index < -0.39 is 11.6 Å². The quantitative estimate of drug-likeness (QED) is 0.516. The average Bonchev–Trinajstić information content (AvgIpc) is 3.49. The van der Waals surface area contributed by atoms with Crippen molar-refractivity contribution in [1.29, 1.82) is 0 Å². The Kier molecular flexibility index (Phi) is 6.72. The van der Waals surface area contributed by atoms with E-state index in [1.54, 1.807) is 16.9 Å². The molecule has 2 aromatic heterocycles. The van der Waals surface area contributed by atoms with Gasteiger partial charge in [0.1, 0.15) is 11.4 Å². The summed E-state index contributed by atoms with van der Waals surface area (Å²) < 4.78 is 6.66. The third-order valence-electron chi connectivity index (χ3n) is 5.57. The van der Waals surface area contributed by atoms with Gasteiger partial charge in [-0.3, -0.25) is 14.5 Å². The third kappa shape index (κ3) is 4.83. The van der Waals surface area contributed by atoms with Gasteiger partial charge in [-0.15, -0.1) is 0 Å². The Morgan fingerprint density at radius 1 is 1.15 bits per heavy atom. The molecule has 176 valence electrons. The Balaban J connectivity index is 1.46. The van der Waals surface area contributed by atoms with Crippen LogP contribution in [0.5, 0.6) is 0 Å². The summed E-state index contributed by atoms with van der Waals surface area (Å²) >= 11 is 0. The van der Waals surface area contributed by atoms with Crippen molar-refractivity contribution in [3.63, 3.8) is 0 Å². The van der Waals surface area contributed by atoms with E-state index in [1.165, 1.54) is 7.11 Å². The summed E-state index contributed by atoms with van der Waals surface area (Å²) in [6.45, 7) is 4.04. The number of carbonyl (C=O) groups excluding carboxylic acids is 2. The maximum atomic E-state index is 13.0. The topological polar surface area (TPSA) is 108 Å². The highest BCUT2D eigenvalue weighted by atomic mass is 16.7. The Labute approximate surface area is 197 Å².